The second-order valence-corrected chi connectivity index (χ2v) is 5.98. The van der Waals surface area contributed by atoms with Gasteiger partial charge in [-0.1, -0.05) is 6.58 Å². The highest BCUT2D eigenvalue weighted by atomic mass is 16.6. The maximum Gasteiger partial charge on any atom is 0.407 e. The number of carbonyl (C=O) groups is 1. The Morgan fingerprint density at radius 3 is 2.64 bits per heavy atom. The van der Waals surface area contributed by atoms with Crippen LogP contribution in [0.4, 0.5) is 4.79 Å². The van der Waals surface area contributed by atoms with E-state index in [2.05, 4.69) is 16.9 Å². The number of aromatic nitrogens is 1. The lowest BCUT2D eigenvalue weighted by Crippen LogP contribution is -2.33. The number of hydrogen-bond donors (Lipinski definition) is 1. The van der Waals surface area contributed by atoms with Crippen LogP contribution in [-0.2, 0) is 15.9 Å². The van der Waals surface area contributed by atoms with Gasteiger partial charge in [-0.15, -0.1) is 0 Å². The molecule has 0 fully saturated rings. The third kappa shape index (κ3) is 6.16. The van der Waals surface area contributed by atoms with Crippen molar-refractivity contribution in [2.45, 2.75) is 46.6 Å². The Morgan fingerprint density at radius 2 is 2.05 bits per heavy atom. The van der Waals surface area contributed by atoms with E-state index in [1.54, 1.807) is 0 Å². The molecule has 22 heavy (non-hydrogen) atoms. The minimum absolute atomic E-state index is 0.426. The molecule has 0 aliphatic rings. The number of carbonyl (C=O) groups excluding carboxylic acids is 1. The number of aryl methyl sites for hydroxylation is 1. The Balaban J connectivity index is 2.67. The first-order chi connectivity index (χ1) is 10.2. The van der Waals surface area contributed by atoms with E-state index in [1.807, 2.05) is 46.8 Å². The quantitative estimate of drug-likeness (QED) is 0.818. The molecular weight excluding hydrogens is 280 g/mol. The predicted molar refractivity (Wildman–Crippen MR) is 87.6 cm³/mol. The van der Waals surface area contributed by atoms with Gasteiger partial charge in [0.05, 0.1) is 12.3 Å². The highest BCUT2D eigenvalue weighted by Crippen LogP contribution is 2.18. The predicted octanol–water partition coefficient (Wildman–Crippen LogP) is 3.46. The fourth-order valence-electron chi connectivity index (χ4n) is 1.90. The maximum absolute atomic E-state index is 11.6. The molecule has 0 saturated heterocycles. The van der Waals surface area contributed by atoms with Gasteiger partial charge in [-0.2, -0.15) is 0 Å². The van der Waals surface area contributed by atoms with Gasteiger partial charge in [-0.3, -0.25) is 4.98 Å². The van der Waals surface area contributed by atoms with Crippen molar-refractivity contribution in [3.8, 4) is 0 Å². The molecular formula is C17H26N2O3. The summed E-state index contributed by atoms with van der Waals surface area (Å²) in [5.74, 6) is 0.599. The first-order valence-corrected chi connectivity index (χ1v) is 7.48. The summed E-state index contributed by atoms with van der Waals surface area (Å²) in [4.78, 5) is 16.2. The average molecular weight is 306 g/mol. The number of hydrogen-bond acceptors (Lipinski definition) is 4. The molecule has 0 aromatic carbocycles. The zero-order chi connectivity index (χ0) is 16.8. The first kappa shape index (κ1) is 18.0. The molecule has 0 spiro atoms. The van der Waals surface area contributed by atoms with Gasteiger partial charge in [0, 0.05) is 24.2 Å². The summed E-state index contributed by atoms with van der Waals surface area (Å²) in [7, 11) is 0. The lowest BCUT2D eigenvalue weighted by molar-refractivity contribution is 0.0528. The Kier molecular flexibility index (Phi) is 6.40. The van der Waals surface area contributed by atoms with E-state index in [0.29, 0.717) is 25.3 Å². The summed E-state index contributed by atoms with van der Waals surface area (Å²) in [6.45, 7) is 14.3. The summed E-state index contributed by atoms with van der Waals surface area (Å²) in [5, 5.41) is 2.73. The number of amides is 1. The van der Waals surface area contributed by atoms with Gasteiger partial charge in [0.15, 0.2) is 0 Å². The molecule has 0 bridgehead atoms. The van der Waals surface area contributed by atoms with E-state index in [4.69, 9.17) is 9.47 Å². The molecule has 1 rings (SSSR count). The van der Waals surface area contributed by atoms with Crippen molar-refractivity contribution in [3.05, 3.63) is 35.7 Å². The third-order valence-electron chi connectivity index (χ3n) is 2.76. The Bertz CT molecular complexity index is 533. The fraction of sp³-hybridized carbons (Fsp3) is 0.529. The minimum Gasteiger partial charge on any atom is -0.494 e. The van der Waals surface area contributed by atoms with Crippen molar-refractivity contribution in [1.29, 1.82) is 0 Å². The molecule has 1 aromatic rings. The molecule has 0 saturated carbocycles. The van der Waals surface area contributed by atoms with E-state index in [0.717, 1.165) is 17.0 Å². The lowest BCUT2D eigenvalue weighted by Gasteiger charge is -2.19. The topological polar surface area (TPSA) is 60.5 Å². The van der Waals surface area contributed by atoms with Gasteiger partial charge in [-0.25, -0.2) is 4.79 Å². The highest BCUT2D eigenvalue weighted by molar-refractivity contribution is 5.67. The van der Waals surface area contributed by atoms with Crippen LogP contribution in [-0.4, -0.2) is 29.8 Å². The van der Waals surface area contributed by atoms with Gasteiger partial charge in [0.2, 0.25) is 0 Å². The van der Waals surface area contributed by atoms with Gasteiger partial charge in [0.25, 0.3) is 0 Å². The van der Waals surface area contributed by atoms with E-state index < -0.39 is 11.7 Å². The van der Waals surface area contributed by atoms with E-state index in [-0.39, 0.29) is 0 Å². The van der Waals surface area contributed by atoms with Gasteiger partial charge < -0.3 is 14.8 Å². The van der Waals surface area contributed by atoms with Crippen LogP contribution in [0.5, 0.6) is 0 Å². The van der Waals surface area contributed by atoms with Crippen molar-refractivity contribution in [2.24, 2.45) is 0 Å². The van der Waals surface area contributed by atoms with Crippen LogP contribution < -0.4 is 5.32 Å². The molecule has 0 aliphatic heterocycles. The van der Waals surface area contributed by atoms with Crippen LogP contribution in [0.15, 0.2) is 18.7 Å². The van der Waals surface area contributed by atoms with Crippen LogP contribution in [0.25, 0.3) is 5.76 Å². The standard InChI is InChI=1S/C17H26N2O3/c1-7-21-13(3)14-9-8-12(2)19-15(14)10-11-18-16(20)22-17(4,5)6/h8-9H,3,7,10-11H2,1-2,4-6H3,(H,18,20). The zero-order valence-electron chi connectivity index (χ0n) is 14.2. The largest absolute Gasteiger partial charge is 0.494 e. The molecule has 0 radical (unpaired) electrons. The number of alkyl carbamates (subject to hydrolysis) is 1. The summed E-state index contributed by atoms with van der Waals surface area (Å²) in [6, 6.07) is 3.87. The molecule has 1 N–H and O–H groups in total. The number of nitrogens with one attached hydrogen (secondary N) is 1. The van der Waals surface area contributed by atoms with Gasteiger partial charge in [0.1, 0.15) is 11.4 Å². The van der Waals surface area contributed by atoms with E-state index >= 15 is 0 Å². The Morgan fingerprint density at radius 1 is 1.36 bits per heavy atom. The third-order valence-corrected chi connectivity index (χ3v) is 2.76. The van der Waals surface area contributed by atoms with E-state index in [9.17, 15) is 4.79 Å². The molecule has 0 aliphatic carbocycles. The minimum atomic E-state index is -0.500. The SMILES string of the molecule is C=C(OCC)c1ccc(C)nc1CCNC(=O)OC(C)(C)C. The molecule has 1 heterocycles. The van der Waals surface area contributed by atoms with Crippen LogP contribution in [0, 0.1) is 6.92 Å². The Hall–Kier alpha value is -2.04. The van der Waals surface area contributed by atoms with E-state index in [1.165, 1.54) is 0 Å². The monoisotopic (exact) mass is 306 g/mol. The van der Waals surface area contributed by atoms with Crippen molar-refractivity contribution in [3.63, 3.8) is 0 Å². The molecule has 122 valence electrons. The second kappa shape index (κ2) is 7.82. The summed E-state index contributed by atoms with van der Waals surface area (Å²) < 4.78 is 10.7. The summed E-state index contributed by atoms with van der Waals surface area (Å²) in [6.07, 6.45) is 0.160. The fourth-order valence-corrected chi connectivity index (χ4v) is 1.90. The second-order valence-electron chi connectivity index (χ2n) is 5.98. The maximum atomic E-state index is 11.6. The van der Waals surface area contributed by atoms with Gasteiger partial charge >= 0.3 is 6.09 Å². The smallest absolute Gasteiger partial charge is 0.407 e. The van der Waals surface area contributed by atoms with Crippen molar-refractivity contribution >= 4 is 11.9 Å². The molecule has 0 atom stereocenters. The van der Waals surface area contributed by atoms with Crippen LogP contribution >= 0.6 is 0 Å². The Labute approximate surface area is 132 Å². The summed E-state index contributed by atoms with van der Waals surface area (Å²) >= 11 is 0. The molecule has 5 heteroatoms. The number of nitrogens with zero attached hydrogens (tertiary/aromatic N) is 1. The number of pyridine rings is 1. The molecule has 5 nitrogen and oxygen atoms in total. The molecule has 0 unspecified atom stereocenters. The van der Waals surface area contributed by atoms with Crippen molar-refractivity contribution in [1.82, 2.24) is 10.3 Å². The molecule has 1 aromatic heterocycles. The number of rotatable bonds is 6. The average Bonchev–Trinajstić information content (AvgIpc) is 2.36. The van der Waals surface area contributed by atoms with Crippen molar-refractivity contribution in [2.75, 3.05) is 13.2 Å². The van der Waals surface area contributed by atoms with Crippen LogP contribution in [0.2, 0.25) is 0 Å². The van der Waals surface area contributed by atoms with Crippen LogP contribution in [0.3, 0.4) is 0 Å². The molecule has 1 amide bonds. The zero-order valence-corrected chi connectivity index (χ0v) is 14.2. The number of ether oxygens (including phenoxy) is 2. The van der Waals surface area contributed by atoms with Crippen molar-refractivity contribution < 1.29 is 14.3 Å². The van der Waals surface area contributed by atoms with Gasteiger partial charge in [-0.05, 0) is 46.8 Å². The highest BCUT2D eigenvalue weighted by Gasteiger charge is 2.16. The lowest BCUT2D eigenvalue weighted by atomic mass is 10.1. The normalized spacial score (nSPS) is 11.0. The van der Waals surface area contributed by atoms with Crippen LogP contribution in [0.1, 0.15) is 44.6 Å². The first-order valence-electron chi connectivity index (χ1n) is 7.48. The summed E-state index contributed by atoms with van der Waals surface area (Å²) in [5.41, 5.74) is 2.15.